The van der Waals surface area contributed by atoms with Crippen LogP contribution in [0, 0.1) is 27.4 Å². The Morgan fingerprint density at radius 2 is 2.33 bits per heavy atom. The first kappa shape index (κ1) is 11.8. The molecule has 8 heteroatoms. The van der Waals surface area contributed by atoms with Crippen molar-refractivity contribution in [3.63, 3.8) is 0 Å². The van der Waals surface area contributed by atoms with Crippen LogP contribution >= 0.6 is 0 Å². The minimum Gasteiger partial charge on any atom is -0.481 e. The molecule has 0 radical (unpaired) electrons. The molecule has 0 saturated carbocycles. The van der Waals surface area contributed by atoms with Gasteiger partial charge < -0.3 is 10.0 Å². The molecule has 18 heavy (non-hydrogen) atoms. The zero-order valence-corrected chi connectivity index (χ0v) is 9.11. The van der Waals surface area contributed by atoms with Crippen LogP contribution in [0.3, 0.4) is 0 Å². The monoisotopic (exact) mass is 248 g/mol. The fourth-order valence-corrected chi connectivity index (χ4v) is 1.75. The van der Waals surface area contributed by atoms with E-state index in [0.29, 0.717) is 0 Å². The topological polar surface area (TPSA) is 120 Å². The molecule has 0 unspecified atom stereocenters. The van der Waals surface area contributed by atoms with Crippen LogP contribution in [-0.4, -0.2) is 34.1 Å². The molecule has 2 heterocycles. The Bertz CT molecular complexity index is 559. The smallest absolute Gasteiger partial charge is 0.329 e. The normalized spacial score (nSPS) is 14.7. The summed E-state index contributed by atoms with van der Waals surface area (Å²) in [6.07, 6.45) is 1.30. The molecule has 0 amide bonds. The van der Waals surface area contributed by atoms with E-state index in [1.165, 1.54) is 17.2 Å². The van der Waals surface area contributed by atoms with Crippen LogP contribution in [0.4, 0.5) is 11.5 Å². The van der Waals surface area contributed by atoms with Gasteiger partial charge in [-0.1, -0.05) is 0 Å². The number of nitrogens with zero attached hydrogens (tertiary/aromatic N) is 4. The van der Waals surface area contributed by atoms with E-state index >= 15 is 0 Å². The number of carboxylic acid groups (broad SMARTS) is 1. The molecule has 1 fully saturated rings. The molecule has 0 aliphatic carbocycles. The zero-order chi connectivity index (χ0) is 13.3. The first-order valence-corrected chi connectivity index (χ1v) is 5.06. The van der Waals surface area contributed by atoms with Crippen molar-refractivity contribution in [1.82, 2.24) is 4.98 Å². The Labute approximate surface area is 101 Å². The number of aliphatic carboxylic acids is 1. The van der Waals surface area contributed by atoms with Gasteiger partial charge in [-0.05, 0) is 6.07 Å². The summed E-state index contributed by atoms with van der Waals surface area (Å²) in [5.41, 5.74) is -0.451. The second kappa shape index (κ2) is 4.29. The third kappa shape index (κ3) is 1.82. The van der Waals surface area contributed by atoms with Crippen molar-refractivity contribution in [2.24, 2.45) is 5.92 Å². The van der Waals surface area contributed by atoms with Gasteiger partial charge in [0.15, 0.2) is 0 Å². The zero-order valence-electron chi connectivity index (χ0n) is 9.11. The molecule has 2 rings (SSSR count). The number of aromatic nitrogens is 1. The summed E-state index contributed by atoms with van der Waals surface area (Å²) in [6.45, 7) is 0.329. The van der Waals surface area contributed by atoms with Crippen LogP contribution in [0.5, 0.6) is 0 Å². The Balaban J connectivity index is 2.33. The van der Waals surface area contributed by atoms with Gasteiger partial charge in [-0.3, -0.25) is 14.9 Å². The fourth-order valence-electron chi connectivity index (χ4n) is 1.75. The molecule has 0 aromatic carbocycles. The van der Waals surface area contributed by atoms with Crippen LogP contribution in [0.2, 0.25) is 0 Å². The number of pyridine rings is 1. The summed E-state index contributed by atoms with van der Waals surface area (Å²) in [4.78, 5) is 26.3. The molecule has 1 aromatic rings. The summed E-state index contributed by atoms with van der Waals surface area (Å²) in [6, 6.07) is 2.99. The van der Waals surface area contributed by atoms with Gasteiger partial charge in [0.05, 0.1) is 10.8 Å². The Hall–Kier alpha value is -2.69. The number of carbonyl (C=O) groups is 1. The van der Waals surface area contributed by atoms with E-state index in [1.54, 1.807) is 6.07 Å². The minimum atomic E-state index is -0.939. The van der Waals surface area contributed by atoms with Crippen molar-refractivity contribution in [3.8, 4) is 6.07 Å². The maximum Gasteiger partial charge on any atom is 0.329 e. The van der Waals surface area contributed by atoms with Gasteiger partial charge in [-0.15, -0.1) is 0 Å². The van der Waals surface area contributed by atoms with Gasteiger partial charge in [0.1, 0.15) is 11.6 Å². The number of rotatable bonds is 3. The van der Waals surface area contributed by atoms with Crippen LogP contribution in [0.25, 0.3) is 0 Å². The largest absolute Gasteiger partial charge is 0.481 e. The van der Waals surface area contributed by atoms with Crippen molar-refractivity contribution >= 4 is 17.5 Å². The standard InChI is InChI=1S/C10H8N4O4/c11-3-6-1-2-12-9(8(6)14(17)18)13-4-7(5-13)10(15)16/h1-2,7H,4-5H2,(H,15,16). The molecule has 0 spiro atoms. The SMILES string of the molecule is N#Cc1ccnc(N2CC(C(=O)O)C2)c1[N+](=O)[O-]. The van der Waals surface area contributed by atoms with Crippen molar-refractivity contribution < 1.29 is 14.8 Å². The summed E-state index contributed by atoms with van der Waals surface area (Å²) < 4.78 is 0. The predicted molar refractivity (Wildman–Crippen MR) is 58.9 cm³/mol. The molecule has 1 aliphatic rings. The van der Waals surface area contributed by atoms with Gasteiger partial charge >= 0.3 is 11.7 Å². The molecular weight excluding hydrogens is 240 g/mol. The van der Waals surface area contributed by atoms with Crippen LogP contribution in [0.1, 0.15) is 5.56 Å². The van der Waals surface area contributed by atoms with Crippen molar-refractivity contribution in [2.75, 3.05) is 18.0 Å². The summed E-state index contributed by atoms with van der Waals surface area (Å²) >= 11 is 0. The number of hydrogen-bond donors (Lipinski definition) is 1. The van der Waals surface area contributed by atoms with E-state index in [4.69, 9.17) is 10.4 Å². The third-order valence-electron chi connectivity index (χ3n) is 2.74. The number of nitro groups is 1. The van der Waals surface area contributed by atoms with Gasteiger partial charge in [0, 0.05) is 19.3 Å². The molecule has 0 bridgehead atoms. The third-order valence-corrected chi connectivity index (χ3v) is 2.74. The highest BCUT2D eigenvalue weighted by Gasteiger charge is 2.37. The number of nitriles is 1. The van der Waals surface area contributed by atoms with E-state index in [2.05, 4.69) is 4.98 Å². The molecule has 8 nitrogen and oxygen atoms in total. The second-order valence-corrected chi connectivity index (χ2v) is 3.84. The molecule has 1 aliphatic heterocycles. The van der Waals surface area contributed by atoms with Gasteiger partial charge in [0.25, 0.3) is 0 Å². The van der Waals surface area contributed by atoms with Gasteiger partial charge in [0.2, 0.25) is 5.82 Å². The van der Waals surface area contributed by atoms with Gasteiger partial charge in [-0.2, -0.15) is 5.26 Å². The van der Waals surface area contributed by atoms with E-state index in [-0.39, 0.29) is 30.2 Å². The number of carboxylic acids is 1. The highest BCUT2D eigenvalue weighted by atomic mass is 16.6. The predicted octanol–water partition coefficient (Wildman–Crippen LogP) is 0.382. The van der Waals surface area contributed by atoms with Crippen molar-refractivity contribution in [2.45, 2.75) is 0 Å². The van der Waals surface area contributed by atoms with Gasteiger partial charge in [-0.25, -0.2) is 4.98 Å². The molecule has 0 atom stereocenters. The average Bonchev–Trinajstić information content (AvgIpc) is 2.25. The highest BCUT2D eigenvalue weighted by molar-refractivity contribution is 5.76. The van der Waals surface area contributed by atoms with Crippen molar-refractivity contribution in [3.05, 3.63) is 27.9 Å². The molecular formula is C10H8N4O4. The van der Waals surface area contributed by atoms with E-state index in [1.807, 2.05) is 0 Å². The lowest BCUT2D eigenvalue weighted by Crippen LogP contribution is -2.51. The fraction of sp³-hybridized carbons (Fsp3) is 0.300. The number of hydrogen-bond acceptors (Lipinski definition) is 6. The van der Waals surface area contributed by atoms with Crippen LogP contribution in [0.15, 0.2) is 12.3 Å². The maximum atomic E-state index is 10.9. The maximum absolute atomic E-state index is 10.9. The second-order valence-electron chi connectivity index (χ2n) is 3.84. The lowest BCUT2D eigenvalue weighted by atomic mass is 10.00. The van der Waals surface area contributed by atoms with Crippen LogP contribution in [-0.2, 0) is 4.79 Å². The minimum absolute atomic E-state index is 0.0524. The van der Waals surface area contributed by atoms with E-state index in [9.17, 15) is 14.9 Å². The first-order chi connectivity index (χ1) is 8.54. The quantitative estimate of drug-likeness (QED) is 0.606. The van der Waals surface area contributed by atoms with Crippen molar-refractivity contribution in [1.29, 1.82) is 5.26 Å². The lowest BCUT2D eigenvalue weighted by molar-refractivity contribution is -0.384. The average molecular weight is 248 g/mol. The Morgan fingerprint density at radius 1 is 1.67 bits per heavy atom. The van der Waals surface area contributed by atoms with E-state index in [0.717, 1.165) is 0 Å². The number of anilines is 1. The van der Waals surface area contributed by atoms with Crippen LogP contribution < -0.4 is 4.90 Å². The Morgan fingerprint density at radius 3 is 2.83 bits per heavy atom. The summed E-state index contributed by atoms with van der Waals surface area (Å²) in [5.74, 6) is -1.43. The molecule has 1 aromatic heterocycles. The molecule has 1 saturated heterocycles. The lowest BCUT2D eigenvalue weighted by Gasteiger charge is -2.37. The summed E-state index contributed by atoms with van der Waals surface area (Å²) in [7, 11) is 0. The summed E-state index contributed by atoms with van der Waals surface area (Å²) in [5, 5.41) is 28.5. The molecule has 1 N–H and O–H groups in total. The van der Waals surface area contributed by atoms with E-state index < -0.39 is 16.8 Å². The Kier molecular flexibility index (Phi) is 2.81. The molecule has 92 valence electrons. The first-order valence-electron chi connectivity index (χ1n) is 5.06. The highest BCUT2D eigenvalue weighted by Crippen LogP contribution is 2.33.